The van der Waals surface area contributed by atoms with E-state index in [1.54, 1.807) is 6.92 Å². The smallest absolute Gasteiger partial charge is 0.136 e. The van der Waals surface area contributed by atoms with Gasteiger partial charge >= 0.3 is 0 Å². The Morgan fingerprint density at radius 1 is 1.23 bits per heavy atom. The number of Topliss-reactive ketones (excluding diaryl/α,β-unsaturated/α-hetero) is 1. The van der Waals surface area contributed by atoms with E-state index in [2.05, 4.69) is 32.9 Å². The van der Waals surface area contributed by atoms with Crippen LogP contribution in [0.25, 0.3) is 0 Å². The van der Waals surface area contributed by atoms with Crippen molar-refractivity contribution in [3.05, 3.63) is 12.2 Å². The number of allylic oxidation sites excluding steroid dienone is 2. The second kappa shape index (κ2) is 2.26. The van der Waals surface area contributed by atoms with Crippen LogP contribution >= 0.6 is 0 Å². The van der Waals surface area contributed by atoms with Gasteiger partial charge in [-0.25, -0.2) is 0 Å². The normalized spacial score (nSPS) is 45.5. The monoisotopic (exact) mass is 178 g/mol. The van der Waals surface area contributed by atoms with E-state index in [1.165, 1.54) is 6.42 Å². The fraction of sp³-hybridized carbons (Fsp3) is 0.750. The summed E-state index contributed by atoms with van der Waals surface area (Å²) >= 11 is 0. The Morgan fingerprint density at radius 2 is 1.77 bits per heavy atom. The Kier molecular flexibility index (Phi) is 1.56. The first kappa shape index (κ1) is 8.98. The van der Waals surface area contributed by atoms with Gasteiger partial charge in [0.25, 0.3) is 0 Å². The summed E-state index contributed by atoms with van der Waals surface area (Å²) in [6, 6.07) is 0. The van der Waals surface area contributed by atoms with Gasteiger partial charge in [-0.15, -0.1) is 0 Å². The van der Waals surface area contributed by atoms with E-state index in [1.807, 2.05) is 0 Å². The molecule has 72 valence electrons. The van der Waals surface area contributed by atoms with E-state index in [-0.39, 0.29) is 10.8 Å². The van der Waals surface area contributed by atoms with E-state index in [9.17, 15) is 4.79 Å². The van der Waals surface area contributed by atoms with Crippen molar-refractivity contribution in [3.63, 3.8) is 0 Å². The highest BCUT2D eigenvalue weighted by Gasteiger charge is 2.60. The Balaban J connectivity index is 2.50. The summed E-state index contributed by atoms with van der Waals surface area (Å²) in [5.41, 5.74) is 0.0324. The van der Waals surface area contributed by atoms with Crippen LogP contribution in [0.3, 0.4) is 0 Å². The minimum Gasteiger partial charge on any atom is -0.299 e. The lowest BCUT2D eigenvalue weighted by atomic mass is 9.59. The molecule has 2 aliphatic carbocycles. The van der Waals surface area contributed by atoms with Crippen molar-refractivity contribution in [2.75, 3.05) is 0 Å². The van der Waals surface area contributed by atoms with Crippen molar-refractivity contribution in [2.45, 2.75) is 34.1 Å². The standard InChI is InChI=1S/C12H18O/c1-8(13)12(4)10-6-5-9(7-10)11(12,2)3/h5-6,9-10H,7H2,1-4H3/t9-,10+,12?/m0/s1. The van der Waals surface area contributed by atoms with Crippen LogP contribution in [0, 0.1) is 22.7 Å². The van der Waals surface area contributed by atoms with Crippen LogP contribution in [0.4, 0.5) is 0 Å². The summed E-state index contributed by atoms with van der Waals surface area (Å²) in [6.45, 7) is 8.37. The molecule has 3 atom stereocenters. The molecule has 0 spiro atoms. The summed E-state index contributed by atoms with van der Waals surface area (Å²) in [4.78, 5) is 11.7. The van der Waals surface area contributed by atoms with E-state index in [0.29, 0.717) is 17.6 Å². The van der Waals surface area contributed by atoms with E-state index in [0.717, 1.165) is 0 Å². The van der Waals surface area contributed by atoms with Crippen molar-refractivity contribution in [3.8, 4) is 0 Å². The molecule has 1 fully saturated rings. The molecule has 1 nitrogen and oxygen atoms in total. The van der Waals surface area contributed by atoms with Crippen molar-refractivity contribution >= 4 is 5.78 Å². The van der Waals surface area contributed by atoms with E-state index >= 15 is 0 Å². The van der Waals surface area contributed by atoms with Gasteiger partial charge in [-0.05, 0) is 30.6 Å². The van der Waals surface area contributed by atoms with Crippen LogP contribution in [-0.4, -0.2) is 5.78 Å². The first-order chi connectivity index (χ1) is 5.90. The molecule has 2 aliphatic rings. The minimum atomic E-state index is -0.119. The zero-order valence-corrected chi connectivity index (χ0v) is 8.92. The Hall–Kier alpha value is -0.590. The van der Waals surface area contributed by atoms with Crippen molar-refractivity contribution < 1.29 is 4.79 Å². The van der Waals surface area contributed by atoms with Crippen LogP contribution in [0.15, 0.2) is 12.2 Å². The lowest BCUT2D eigenvalue weighted by molar-refractivity contribution is -0.133. The number of carbonyl (C=O) groups excluding carboxylic acids is 1. The first-order valence-corrected chi connectivity index (χ1v) is 5.10. The van der Waals surface area contributed by atoms with Crippen LogP contribution in [0.1, 0.15) is 34.1 Å². The highest BCUT2D eigenvalue weighted by Crippen LogP contribution is 2.63. The first-order valence-electron chi connectivity index (χ1n) is 5.10. The second-order valence-electron chi connectivity index (χ2n) is 5.31. The molecule has 0 aliphatic heterocycles. The number of hydrogen-bond donors (Lipinski definition) is 0. The third kappa shape index (κ3) is 0.806. The second-order valence-corrected chi connectivity index (χ2v) is 5.31. The zero-order valence-electron chi connectivity index (χ0n) is 8.92. The van der Waals surface area contributed by atoms with Crippen LogP contribution < -0.4 is 0 Å². The van der Waals surface area contributed by atoms with Gasteiger partial charge in [0, 0.05) is 5.41 Å². The van der Waals surface area contributed by atoms with Gasteiger partial charge in [-0.3, -0.25) is 4.79 Å². The minimum absolute atomic E-state index is 0.119. The third-order valence-corrected chi connectivity index (χ3v) is 4.82. The Morgan fingerprint density at radius 3 is 2.08 bits per heavy atom. The number of fused-ring (bicyclic) bond motifs is 2. The van der Waals surface area contributed by atoms with Gasteiger partial charge in [0.15, 0.2) is 0 Å². The third-order valence-electron chi connectivity index (χ3n) is 4.82. The average Bonchev–Trinajstić information content (AvgIpc) is 2.54. The largest absolute Gasteiger partial charge is 0.299 e. The molecule has 0 aromatic rings. The molecule has 2 rings (SSSR count). The number of carbonyl (C=O) groups is 1. The van der Waals surface area contributed by atoms with Crippen molar-refractivity contribution in [1.29, 1.82) is 0 Å². The molecule has 1 unspecified atom stereocenters. The van der Waals surface area contributed by atoms with Gasteiger partial charge < -0.3 is 0 Å². The topological polar surface area (TPSA) is 17.1 Å². The van der Waals surface area contributed by atoms with Gasteiger partial charge in [0.05, 0.1) is 0 Å². The summed E-state index contributed by atoms with van der Waals surface area (Å²) in [6.07, 6.45) is 5.73. The molecule has 0 saturated heterocycles. The number of rotatable bonds is 1. The predicted molar refractivity (Wildman–Crippen MR) is 53.3 cm³/mol. The fourth-order valence-electron chi connectivity index (χ4n) is 3.24. The summed E-state index contributed by atoms with van der Waals surface area (Å²) in [5.74, 6) is 1.46. The molecule has 1 heteroatoms. The van der Waals surface area contributed by atoms with Gasteiger partial charge in [0.2, 0.25) is 0 Å². The molecule has 0 N–H and O–H groups in total. The molecule has 0 aromatic heterocycles. The molecule has 13 heavy (non-hydrogen) atoms. The summed E-state index contributed by atoms with van der Waals surface area (Å²) < 4.78 is 0. The van der Waals surface area contributed by atoms with Crippen LogP contribution in [0.5, 0.6) is 0 Å². The van der Waals surface area contributed by atoms with E-state index in [4.69, 9.17) is 0 Å². The molecule has 0 amide bonds. The lowest BCUT2D eigenvalue weighted by Gasteiger charge is -2.43. The number of ketones is 1. The quantitative estimate of drug-likeness (QED) is 0.564. The van der Waals surface area contributed by atoms with Gasteiger partial charge in [-0.1, -0.05) is 32.9 Å². The summed E-state index contributed by atoms with van der Waals surface area (Å²) in [5, 5.41) is 0. The molecule has 0 radical (unpaired) electrons. The Bertz CT molecular complexity index is 287. The van der Waals surface area contributed by atoms with Crippen LogP contribution in [0.2, 0.25) is 0 Å². The SMILES string of the molecule is CC(=O)C1(C)[C@@H]2C=C[C@@H](C2)C1(C)C. The van der Waals surface area contributed by atoms with Crippen molar-refractivity contribution in [1.82, 2.24) is 0 Å². The maximum atomic E-state index is 11.7. The van der Waals surface area contributed by atoms with Crippen molar-refractivity contribution in [2.24, 2.45) is 22.7 Å². The van der Waals surface area contributed by atoms with Gasteiger partial charge in [-0.2, -0.15) is 0 Å². The predicted octanol–water partition coefficient (Wildman–Crippen LogP) is 2.81. The summed E-state index contributed by atoms with van der Waals surface area (Å²) in [7, 11) is 0. The fourth-order valence-corrected chi connectivity index (χ4v) is 3.24. The van der Waals surface area contributed by atoms with E-state index < -0.39 is 0 Å². The molecule has 0 heterocycles. The zero-order chi connectivity index (χ0) is 9.85. The Labute approximate surface area is 80.2 Å². The van der Waals surface area contributed by atoms with Gasteiger partial charge in [0.1, 0.15) is 5.78 Å². The molecule has 0 aromatic carbocycles. The molecule has 2 bridgehead atoms. The van der Waals surface area contributed by atoms with Crippen LogP contribution in [-0.2, 0) is 4.79 Å². The molecule has 1 saturated carbocycles. The average molecular weight is 178 g/mol. The lowest BCUT2D eigenvalue weighted by Crippen LogP contribution is -2.44. The molecular formula is C12H18O. The molecular weight excluding hydrogens is 160 g/mol. The highest BCUT2D eigenvalue weighted by atomic mass is 16.1. The maximum Gasteiger partial charge on any atom is 0.136 e. The highest BCUT2D eigenvalue weighted by molar-refractivity contribution is 5.84. The maximum absolute atomic E-state index is 11.7. The number of hydrogen-bond acceptors (Lipinski definition) is 1.